The van der Waals surface area contributed by atoms with Crippen molar-refractivity contribution in [3.63, 3.8) is 0 Å². The van der Waals surface area contributed by atoms with E-state index in [2.05, 4.69) is 21.2 Å². The highest BCUT2D eigenvalue weighted by Gasteiger charge is 2.18. The molecule has 0 aliphatic heterocycles. The van der Waals surface area contributed by atoms with E-state index in [0.717, 1.165) is 8.66 Å². The van der Waals surface area contributed by atoms with Gasteiger partial charge in [-0.1, -0.05) is 0 Å². The molecule has 21 heavy (non-hydrogen) atoms. The smallest absolute Gasteiger partial charge is 0.242 e. The first-order valence-corrected chi connectivity index (χ1v) is 9.16. The Kier molecular flexibility index (Phi) is 4.92. The molecule has 0 atom stereocenters. The number of halogens is 1. The van der Waals surface area contributed by atoms with Crippen molar-refractivity contribution in [1.82, 2.24) is 4.31 Å². The van der Waals surface area contributed by atoms with Crippen LogP contribution in [0.4, 0.5) is 11.4 Å². The van der Waals surface area contributed by atoms with Gasteiger partial charge in [-0.3, -0.25) is 0 Å². The third-order valence-electron chi connectivity index (χ3n) is 2.89. The number of nitrogens with one attached hydrogen (secondary N) is 1. The molecule has 1 heterocycles. The number of nitrogens with two attached hydrogens (primary N) is 1. The molecule has 0 spiro atoms. The lowest BCUT2D eigenvalue weighted by molar-refractivity contribution is 0.521. The third kappa shape index (κ3) is 3.76. The van der Waals surface area contributed by atoms with Crippen LogP contribution < -0.4 is 11.1 Å². The quantitative estimate of drug-likeness (QED) is 0.770. The summed E-state index contributed by atoms with van der Waals surface area (Å²) in [7, 11) is -0.458. The number of hydrogen-bond acceptors (Lipinski definition) is 5. The number of thiophene rings is 1. The molecule has 114 valence electrons. The first-order valence-electron chi connectivity index (χ1n) is 6.11. The van der Waals surface area contributed by atoms with Crippen LogP contribution in [0, 0.1) is 0 Å². The maximum Gasteiger partial charge on any atom is 0.242 e. The molecule has 0 unspecified atom stereocenters. The van der Waals surface area contributed by atoms with Crippen LogP contribution in [0.1, 0.15) is 4.88 Å². The molecule has 0 amide bonds. The van der Waals surface area contributed by atoms with E-state index in [-0.39, 0.29) is 4.90 Å². The molecule has 8 heteroatoms. The predicted octanol–water partition coefficient (Wildman–Crippen LogP) is 2.96. The number of anilines is 2. The zero-order valence-electron chi connectivity index (χ0n) is 11.6. The minimum absolute atomic E-state index is 0.219. The minimum atomic E-state index is -3.46. The van der Waals surface area contributed by atoms with Crippen LogP contribution in [0.2, 0.25) is 0 Å². The van der Waals surface area contributed by atoms with E-state index in [1.807, 2.05) is 12.1 Å². The fourth-order valence-electron chi connectivity index (χ4n) is 1.69. The van der Waals surface area contributed by atoms with Gasteiger partial charge in [-0.25, -0.2) is 12.7 Å². The van der Waals surface area contributed by atoms with E-state index < -0.39 is 10.0 Å². The Morgan fingerprint density at radius 2 is 2.00 bits per heavy atom. The summed E-state index contributed by atoms with van der Waals surface area (Å²) < 4.78 is 26.5. The number of sulfonamides is 1. The molecule has 5 nitrogen and oxygen atoms in total. The highest BCUT2D eigenvalue weighted by Crippen LogP contribution is 2.27. The molecular formula is C13H16BrN3O2S2. The summed E-state index contributed by atoms with van der Waals surface area (Å²) in [6.45, 7) is 0.589. The van der Waals surface area contributed by atoms with Crippen molar-refractivity contribution in [2.75, 3.05) is 25.1 Å². The van der Waals surface area contributed by atoms with Crippen LogP contribution in [0.25, 0.3) is 0 Å². The molecule has 0 fully saturated rings. The average molecular weight is 390 g/mol. The lowest BCUT2D eigenvalue weighted by atomic mass is 10.2. The second-order valence-corrected chi connectivity index (χ2v) is 9.30. The Hall–Kier alpha value is -1.09. The van der Waals surface area contributed by atoms with Gasteiger partial charge < -0.3 is 11.1 Å². The van der Waals surface area contributed by atoms with Crippen LogP contribution in [-0.2, 0) is 16.6 Å². The zero-order chi connectivity index (χ0) is 15.6. The van der Waals surface area contributed by atoms with Gasteiger partial charge in [-0.05, 0) is 46.3 Å². The Morgan fingerprint density at radius 1 is 1.29 bits per heavy atom. The van der Waals surface area contributed by atoms with Crippen molar-refractivity contribution >= 4 is 48.7 Å². The third-order valence-corrected chi connectivity index (χ3v) is 6.32. The SMILES string of the molecule is CN(C)S(=O)(=O)c1ccc(N)c(NCc2ccc(Br)s2)c1. The van der Waals surface area contributed by atoms with Gasteiger partial charge >= 0.3 is 0 Å². The molecule has 0 radical (unpaired) electrons. The molecule has 0 aliphatic carbocycles. The Labute approximate surface area is 137 Å². The van der Waals surface area contributed by atoms with Crippen LogP contribution in [0.15, 0.2) is 39.0 Å². The van der Waals surface area contributed by atoms with E-state index in [9.17, 15) is 8.42 Å². The van der Waals surface area contributed by atoms with Crippen molar-refractivity contribution in [3.8, 4) is 0 Å². The average Bonchev–Trinajstić information content (AvgIpc) is 2.83. The maximum absolute atomic E-state index is 12.1. The highest BCUT2D eigenvalue weighted by molar-refractivity contribution is 9.11. The second-order valence-electron chi connectivity index (χ2n) is 4.60. The summed E-state index contributed by atoms with van der Waals surface area (Å²) in [6.07, 6.45) is 0. The van der Waals surface area contributed by atoms with E-state index in [1.54, 1.807) is 23.5 Å². The van der Waals surface area contributed by atoms with Crippen LogP contribution in [0.5, 0.6) is 0 Å². The van der Waals surface area contributed by atoms with E-state index >= 15 is 0 Å². The summed E-state index contributed by atoms with van der Waals surface area (Å²) >= 11 is 5.02. The lowest BCUT2D eigenvalue weighted by Crippen LogP contribution is -2.22. The van der Waals surface area contributed by atoms with Gasteiger partial charge in [0.2, 0.25) is 10.0 Å². The molecule has 0 aliphatic rings. The van der Waals surface area contributed by atoms with Crippen LogP contribution >= 0.6 is 27.3 Å². The molecule has 2 rings (SSSR count). The van der Waals surface area contributed by atoms with Gasteiger partial charge in [0.25, 0.3) is 0 Å². The van der Waals surface area contributed by atoms with Gasteiger partial charge in [0, 0.05) is 25.5 Å². The topological polar surface area (TPSA) is 75.4 Å². The predicted molar refractivity (Wildman–Crippen MR) is 91.1 cm³/mol. The second kappa shape index (κ2) is 6.35. The first-order chi connectivity index (χ1) is 9.80. The monoisotopic (exact) mass is 389 g/mol. The molecule has 0 bridgehead atoms. The number of hydrogen-bond donors (Lipinski definition) is 2. The van der Waals surface area contributed by atoms with Crippen molar-refractivity contribution < 1.29 is 8.42 Å². The highest BCUT2D eigenvalue weighted by atomic mass is 79.9. The molecule has 1 aromatic carbocycles. The largest absolute Gasteiger partial charge is 0.397 e. The van der Waals surface area contributed by atoms with Gasteiger partial charge in [-0.2, -0.15) is 0 Å². The summed E-state index contributed by atoms with van der Waals surface area (Å²) in [5.74, 6) is 0. The lowest BCUT2D eigenvalue weighted by Gasteiger charge is -2.14. The molecule has 0 saturated carbocycles. The number of nitrogen functional groups attached to an aromatic ring is 1. The maximum atomic E-state index is 12.1. The fraction of sp³-hybridized carbons (Fsp3) is 0.231. The van der Waals surface area contributed by atoms with Crippen molar-refractivity contribution in [2.24, 2.45) is 0 Å². The zero-order valence-corrected chi connectivity index (χ0v) is 14.8. The number of benzene rings is 1. The Bertz CT molecular complexity index is 742. The van der Waals surface area contributed by atoms with E-state index in [1.165, 1.54) is 24.5 Å². The standard InChI is InChI=1S/C13H16BrN3O2S2/c1-17(2)21(18,19)10-4-5-11(15)12(7-10)16-8-9-3-6-13(14)20-9/h3-7,16H,8,15H2,1-2H3. The van der Waals surface area contributed by atoms with Crippen molar-refractivity contribution in [1.29, 1.82) is 0 Å². The minimum Gasteiger partial charge on any atom is -0.397 e. The van der Waals surface area contributed by atoms with Gasteiger partial charge in [0.05, 0.1) is 20.1 Å². The van der Waals surface area contributed by atoms with Crippen molar-refractivity contribution in [3.05, 3.63) is 39.0 Å². The fourth-order valence-corrected chi connectivity index (χ4v) is 4.04. The summed E-state index contributed by atoms with van der Waals surface area (Å²) in [5.41, 5.74) is 7.03. The number of nitrogens with zero attached hydrogens (tertiary/aromatic N) is 1. The molecule has 1 aromatic heterocycles. The van der Waals surface area contributed by atoms with E-state index in [0.29, 0.717) is 17.9 Å². The Balaban J connectivity index is 2.24. The molecule has 2 aromatic rings. The summed E-state index contributed by atoms with van der Waals surface area (Å²) in [5, 5.41) is 3.18. The Morgan fingerprint density at radius 3 is 2.57 bits per heavy atom. The molecule has 3 N–H and O–H groups in total. The van der Waals surface area contributed by atoms with E-state index in [4.69, 9.17) is 5.73 Å². The molecule has 0 saturated heterocycles. The summed E-state index contributed by atoms with van der Waals surface area (Å²) in [6, 6.07) is 8.64. The molecular weight excluding hydrogens is 374 g/mol. The van der Waals surface area contributed by atoms with Crippen LogP contribution in [-0.4, -0.2) is 26.8 Å². The number of rotatable bonds is 5. The normalized spacial score (nSPS) is 11.8. The first kappa shape index (κ1) is 16.3. The summed E-state index contributed by atoms with van der Waals surface area (Å²) in [4.78, 5) is 1.35. The van der Waals surface area contributed by atoms with Gasteiger partial charge in [0.15, 0.2) is 0 Å². The van der Waals surface area contributed by atoms with Gasteiger partial charge in [0.1, 0.15) is 0 Å². The van der Waals surface area contributed by atoms with Gasteiger partial charge in [-0.15, -0.1) is 11.3 Å². The van der Waals surface area contributed by atoms with Crippen molar-refractivity contribution in [2.45, 2.75) is 11.4 Å². The van der Waals surface area contributed by atoms with Crippen LogP contribution in [0.3, 0.4) is 0 Å².